The Bertz CT molecular complexity index is 476. The molecule has 2 amide bonds. The molecule has 0 aromatic heterocycles. The van der Waals surface area contributed by atoms with Crippen LogP contribution in [0.4, 0.5) is 4.79 Å². The lowest BCUT2D eigenvalue weighted by Crippen LogP contribution is -2.49. The van der Waals surface area contributed by atoms with E-state index in [1.54, 1.807) is 12.1 Å². The number of carbonyl (C=O) groups is 2. The first kappa shape index (κ1) is 17.3. The van der Waals surface area contributed by atoms with E-state index in [1.807, 2.05) is 26.0 Å². The molecule has 2 atom stereocenters. The summed E-state index contributed by atoms with van der Waals surface area (Å²) in [6.07, 6.45) is 0.761. The van der Waals surface area contributed by atoms with Crippen molar-refractivity contribution in [1.82, 2.24) is 10.6 Å². The zero-order valence-corrected chi connectivity index (χ0v) is 13.2. The summed E-state index contributed by atoms with van der Waals surface area (Å²) < 4.78 is 4.72. The Kier molecular flexibility index (Phi) is 7.02. The number of ether oxygens (including phenoxy) is 1. The second-order valence-corrected chi connectivity index (χ2v) is 5.28. The summed E-state index contributed by atoms with van der Waals surface area (Å²) in [7, 11) is 1.31. The highest BCUT2D eigenvalue weighted by Crippen LogP contribution is 2.10. The van der Waals surface area contributed by atoms with E-state index in [-0.39, 0.29) is 5.92 Å². The number of nitrogens with one attached hydrogen (secondary N) is 2. The van der Waals surface area contributed by atoms with Gasteiger partial charge in [0.05, 0.1) is 7.11 Å². The molecular weight excluding hydrogens is 292 g/mol. The van der Waals surface area contributed by atoms with Gasteiger partial charge >= 0.3 is 12.0 Å². The molecule has 2 N–H and O–H groups in total. The normalized spacial score (nSPS) is 13.1. The number of urea groups is 1. The predicted octanol–water partition coefficient (Wildman–Crippen LogP) is 2.73. The van der Waals surface area contributed by atoms with Crippen molar-refractivity contribution in [3.63, 3.8) is 0 Å². The Morgan fingerprint density at radius 2 is 1.90 bits per heavy atom. The second-order valence-electron chi connectivity index (χ2n) is 4.84. The monoisotopic (exact) mass is 312 g/mol. The summed E-state index contributed by atoms with van der Waals surface area (Å²) in [5.74, 6) is -0.440. The maximum atomic E-state index is 11.9. The van der Waals surface area contributed by atoms with E-state index in [1.165, 1.54) is 7.11 Å². The van der Waals surface area contributed by atoms with Crippen LogP contribution in [-0.2, 0) is 16.1 Å². The average Bonchev–Trinajstić information content (AvgIpc) is 2.50. The first-order chi connectivity index (χ1) is 9.97. The van der Waals surface area contributed by atoms with Crippen LogP contribution in [0.25, 0.3) is 0 Å². The number of hydrogen-bond donors (Lipinski definition) is 2. The molecule has 0 saturated carbocycles. The van der Waals surface area contributed by atoms with E-state index in [0.717, 1.165) is 12.0 Å². The third-order valence-electron chi connectivity index (χ3n) is 3.32. The lowest BCUT2D eigenvalue weighted by atomic mass is 9.99. The SMILES string of the molecule is CC[C@H](C)[C@H](NC(=O)NCc1ccc(Cl)cc1)C(=O)OC. The van der Waals surface area contributed by atoms with Gasteiger partial charge in [0.25, 0.3) is 0 Å². The maximum Gasteiger partial charge on any atom is 0.328 e. The highest BCUT2D eigenvalue weighted by atomic mass is 35.5. The number of amides is 2. The van der Waals surface area contributed by atoms with Gasteiger partial charge in [0.15, 0.2) is 0 Å². The van der Waals surface area contributed by atoms with Crippen molar-refractivity contribution >= 4 is 23.6 Å². The van der Waals surface area contributed by atoms with Crippen molar-refractivity contribution in [3.05, 3.63) is 34.9 Å². The molecule has 0 bridgehead atoms. The van der Waals surface area contributed by atoms with Gasteiger partial charge < -0.3 is 15.4 Å². The molecule has 0 saturated heterocycles. The minimum Gasteiger partial charge on any atom is -0.467 e. The molecule has 6 heteroatoms. The number of esters is 1. The molecule has 0 aliphatic rings. The van der Waals surface area contributed by atoms with Crippen LogP contribution in [-0.4, -0.2) is 25.2 Å². The minimum absolute atomic E-state index is 0.00117. The van der Waals surface area contributed by atoms with Crippen molar-refractivity contribution in [2.24, 2.45) is 5.92 Å². The molecule has 0 radical (unpaired) electrons. The van der Waals surface area contributed by atoms with Gasteiger partial charge in [-0.25, -0.2) is 9.59 Å². The number of benzene rings is 1. The van der Waals surface area contributed by atoms with Gasteiger partial charge in [-0.1, -0.05) is 44.0 Å². The Balaban J connectivity index is 2.53. The zero-order chi connectivity index (χ0) is 15.8. The van der Waals surface area contributed by atoms with Crippen molar-refractivity contribution in [1.29, 1.82) is 0 Å². The molecule has 0 aliphatic carbocycles. The van der Waals surface area contributed by atoms with Crippen LogP contribution in [0.15, 0.2) is 24.3 Å². The summed E-state index contributed by atoms with van der Waals surface area (Å²) >= 11 is 5.79. The highest BCUT2D eigenvalue weighted by Gasteiger charge is 2.26. The molecule has 0 heterocycles. The van der Waals surface area contributed by atoms with Crippen molar-refractivity contribution in [2.45, 2.75) is 32.9 Å². The van der Waals surface area contributed by atoms with E-state index in [9.17, 15) is 9.59 Å². The second kappa shape index (κ2) is 8.52. The van der Waals surface area contributed by atoms with E-state index < -0.39 is 18.0 Å². The van der Waals surface area contributed by atoms with E-state index in [4.69, 9.17) is 16.3 Å². The summed E-state index contributed by atoms with van der Waals surface area (Å²) in [4.78, 5) is 23.6. The highest BCUT2D eigenvalue weighted by molar-refractivity contribution is 6.30. The first-order valence-corrected chi connectivity index (χ1v) is 7.22. The molecule has 0 fully saturated rings. The molecule has 0 spiro atoms. The lowest BCUT2D eigenvalue weighted by Gasteiger charge is -2.22. The predicted molar refractivity (Wildman–Crippen MR) is 82.1 cm³/mol. The molecular formula is C15H21ClN2O3. The smallest absolute Gasteiger partial charge is 0.328 e. The van der Waals surface area contributed by atoms with Gasteiger partial charge in [-0.05, 0) is 23.6 Å². The van der Waals surface area contributed by atoms with E-state index in [2.05, 4.69) is 10.6 Å². The largest absolute Gasteiger partial charge is 0.467 e. The standard InChI is InChI=1S/C15H21ClN2O3/c1-4-10(2)13(14(19)21-3)18-15(20)17-9-11-5-7-12(16)8-6-11/h5-8,10,13H,4,9H2,1-3H3,(H2,17,18,20)/t10-,13-/m0/s1. The van der Waals surface area contributed by atoms with Crippen LogP contribution in [0, 0.1) is 5.92 Å². The van der Waals surface area contributed by atoms with Crippen LogP contribution in [0.3, 0.4) is 0 Å². The molecule has 1 rings (SSSR count). The van der Waals surface area contributed by atoms with E-state index in [0.29, 0.717) is 11.6 Å². The topological polar surface area (TPSA) is 67.4 Å². The van der Waals surface area contributed by atoms with Gasteiger partial charge in [-0.2, -0.15) is 0 Å². The fourth-order valence-corrected chi connectivity index (χ4v) is 1.90. The van der Waals surface area contributed by atoms with Crippen LogP contribution in [0.5, 0.6) is 0 Å². The van der Waals surface area contributed by atoms with Crippen LogP contribution in [0.2, 0.25) is 5.02 Å². The van der Waals surface area contributed by atoms with Gasteiger partial charge in [0.1, 0.15) is 6.04 Å². The summed E-state index contributed by atoms with van der Waals surface area (Å²) in [5, 5.41) is 6.00. The fourth-order valence-electron chi connectivity index (χ4n) is 1.77. The molecule has 5 nitrogen and oxygen atoms in total. The minimum atomic E-state index is -0.648. The van der Waals surface area contributed by atoms with Gasteiger partial charge in [0, 0.05) is 11.6 Å². The molecule has 0 unspecified atom stereocenters. The Morgan fingerprint density at radius 1 is 1.29 bits per heavy atom. The van der Waals surface area contributed by atoms with E-state index >= 15 is 0 Å². The summed E-state index contributed by atoms with van der Waals surface area (Å²) in [6, 6.07) is 6.12. The Labute approximate surface area is 130 Å². The van der Waals surface area contributed by atoms with Crippen molar-refractivity contribution in [2.75, 3.05) is 7.11 Å². The lowest BCUT2D eigenvalue weighted by molar-refractivity contribution is -0.144. The summed E-state index contributed by atoms with van der Waals surface area (Å²) in [5.41, 5.74) is 0.924. The molecule has 1 aromatic carbocycles. The van der Waals surface area contributed by atoms with Crippen LogP contribution >= 0.6 is 11.6 Å². The van der Waals surface area contributed by atoms with Crippen molar-refractivity contribution in [3.8, 4) is 0 Å². The van der Waals surface area contributed by atoms with Crippen molar-refractivity contribution < 1.29 is 14.3 Å². The third-order valence-corrected chi connectivity index (χ3v) is 3.57. The fraction of sp³-hybridized carbons (Fsp3) is 0.467. The van der Waals surface area contributed by atoms with Gasteiger partial charge in [-0.3, -0.25) is 0 Å². The number of methoxy groups -OCH3 is 1. The third kappa shape index (κ3) is 5.63. The molecule has 116 valence electrons. The number of rotatable bonds is 6. The van der Waals surface area contributed by atoms with Crippen LogP contribution < -0.4 is 10.6 Å². The number of carbonyl (C=O) groups excluding carboxylic acids is 2. The Hall–Kier alpha value is -1.75. The molecule has 1 aromatic rings. The summed E-state index contributed by atoms with van der Waals surface area (Å²) in [6.45, 7) is 4.20. The average molecular weight is 313 g/mol. The first-order valence-electron chi connectivity index (χ1n) is 6.84. The van der Waals surface area contributed by atoms with Gasteiger partial charge in [-0.15, -0.1) is 0 Å². The Morgan fingerprint density at radius 3 is 2.43 bits per heavy atom. The van der Waals surface area contributed by atoms with Crippen LogP contribution in [0.1, 0.15) is 25.8 Å². The molecule has 21 heavy (non-hydrogen) atoms. The number of halogens is 1. The molecule has 0 aliphatic heterocycles. The van der Waals surface area contributed by atoms with Gasteiger partial charge in [0.2, 0.25) is 0 Å². The maximum absolute atomic E-state index is 11.9. The zero-order valence-electron chi connectivity index (χ0n) is 12.5. The number of hydrogen-bond acceptors (Lipinski definition) is 3. The quantitative estimate of drug-likeness (QED) is 0.794.